The van der Waals surface area contributed by atoms with Gasteiger partial charge in [0.1, 0.15) is 4.90 Å². The second kappa shape index (κ2) is 8.03. The zero-order chi connectivity index (χ0) is 22.3. The van der Waals surface area contributed by atoms with E-state index in [0.717, 1.165) is 23.5 Å². The van der Waals surface area contributed by atoms with Gasteiger partial charge >= 0.3 is 0 Å². The summed E-state index contributed by atoms with van der Waals surface area (Å²) in [6.45, 7) is 0. The van der Waals surface area contributed by atoms with E-state index < -0.39 is 27.3 Å². The fraction of sp³-hybridized carbons (Fsp3) is 0.0909. The maximum atomic E-state index is 14.0. The van der Waals surface area contributed by atoms with E-state index in [-0.39, 0.29) is 21.8 Å². The summed E-state index contributed by atoms with van der Waals surface area (Å²) in [6, 6.07) is 6.20. The minimum absolute atomic E-state index is 0.00516. The van der Waals surface area contributed by atoms with Crippen molar-refractivity contribution in [1.82, 2.24) is 10.3 Å². The minimum atomic E-state index is -4.29. The van der Waals surface area contributed by atoms with Gasteiger partial charge in [-0.3, -0.25) is 4.72 Å². The van der Waals surface area contributed by atoms with E-state index in [1.165, 1.54) is 29.5 Å². The third-order valence-electron chi connectivity index (χ3n) is 5.15. The van der Waals surface area contributed by atoms with Gasteiger partial charge in [0.15, 0.2) is 22.7 Å². The molecule has 1 aromatic heterocycles. The third kappa shape index (κ3) is 3.65. The fourth-order valence-corrected chi connectivity index (χ4v) is 5.94. The van der Waals surface area contributed by atoms with Crippen molar-refractivity contribution in [2.75, 3.05) is 4.72 Å². The maximum Gasteiger partial charge on any atom is 0.264 e. The number of fused-ring (bicyclic) bond motifs is 2. The van der Waals surface area contributed by atoms with E-state index in [1.807, 2.05) is 18.2 Å². The van der Waals surface area contributed by atoms with Crippen molar-refractivity contribution in [3.63, 3.8) is 0 Å². The Morgan fingerprint density at radius 2 is 1.91 bits per heavy atom. The first-order chi connectivity index (χ1) is 15.4. The standard InChI is InChI=1S/C22H15F2N3O3S2/c23-15-8-4-9-16(20(15)24)27-32(28,29)19-12-11-18(21-22(19)26-30-25-21)31-17-10-3-6-13-5-1-2-7-14(13)17/h1-6,8-12,14,27H,7H2. The molecule has 0 fully saturated rings. The van der Waals surface area contributed by atoms with E-state index in [0.29, 0.717) is 4.90 Å². The number of rotatable bonds is 5. The Morgan fingerprint density at radius 1 is 1.06 bits per heavy atom. The molecule has 10 heteroatoms. The highest BCUT2D eigenvalue weighted by Crippen LogP contribution is 2.43. The highest BCUT2D eigenvalue weighted by Gasteiger charge is 2.27. The summed E-state index contributed by atoms with van der Waals surface area (Å²) in [6.07, 6.45) is 13.1. The second-order valence-corrected chi connectivity index (χ2v) is 9.91. The Labute approximate surface area is 186 Å². The summed E-state index contributed by atoms with van der Waals surface area (Å²) < 4.78 is 60.2. The van der Waals surface area contributed by atoms with Gasteiger partial charge in [0.2, 0.25) is 0 Å². The lowest BCUT2D eigenvalue weighted by atomic mass is 9.88. The quantitative estimate of drug-likeness (QED) is 0.540. The Kier molecular flexibility index (Phi) is 5.18. The second-order valence-electron chi connectivity index (χ2n) is 7.14. The molecule has 0 saturated carbocycles. The number of anilines is 1. The van der Waals surface area contributed by atoms with Crippen LogP contribution in [-0.4, -0.2) is 18.7 Å². The number of aromatic nitrogens is 2. The number of nitrogens with one attached hydrogen (secondary N) is 1. The van der Waals surface area contributed by atoms with Gasteiger partial charge in [0.05, 0.1) is 5.69 Å². The van der Waals surface area contributed by atoms with Crippen LogP contribution in [0.2, 0.25) is 0 Å². The van der Waals surface area contributed by atoms with Gasteiger partial charge < -0.3 is 0 Å². The molecule has 3 aromatic rings. The van der Waals surface area contributed by atoms with E-state index in [1.54, 1.807) is 6.07 Å². The lowest BCUT2D eigenvalue weighted by molar-refractivity contribution is 0.314. The molecule has 162 valence electrons. The van der Waals surface area contributed by atoms with E-state index in [2.05, 4.69) is 33.3 Å². The number of hydrogen-bond donors (Lipinski definition) is 1. The molecular weight excluding hydrogens is 456 g/mol. The van der Waals surface area contributed by atoms with Gasteiger partial charge in [0, 0.05) is 10.8 Å². The van der Waals surface area contributed by atoms with Gasteiger partial charge in [0.25, 0.3) is 10.0 Å². The van der Waals surface area contributed by atoms with Gasteiger partial charge in [-0.15, -0.1) is 0 Å². The number of benzene rings is 2. The smallest absolute Gasteiger partial charge is 0.264 e. The highest BCUT2D eigenvalue weighted by molar-refractivity contribution is 8.03. The van der Waals surface area contributed by atoms with Crippen molar-refractivity contribution in [2.45, 2.75) is 16.2 Å². The molecule has 1 N–H and O–H groups in total. The molecule has 6 nitrogen and oxygen atoms in total. The topological polar surface area (TPSA) is 85.1 Å². The lowest BCUT2D eigenvalue weighted by Gasteiger charge is -2.24. The molecule has 0 radical (unpaired) electrons. The lowest BCUT2D eigenvalue weighted by Crippen LogP contribution is -2.15. The average molecular weight is 472 g/mol. The molecule has 0 aliphatic heterocycles. The van der Waals surface area contributed by atoms with Gasteiger partial charge in [-0.1, -0.05) is 54.3 Å². The first kappa shape index (κ1) is 20.7. The molecule has 0 saturated heterocycles. The van der Waals surface area contributed by atoms with Crippen LogP contribution in [0.4, 0.5) is 14.5 Å². The fourth-order valence-electron chi connectivity index (χ4n) is 3.60. The van der Waals surface area contributed by atoms with Crippen LogP contribution in [0.1, 0.15) is 6.42 Å². The van der Waals surface area contributed by atoms with Crippen molar-refractivity contribution >= 4 is 38.5 Å². The number of hydrogen-bond acceptors (Lipinski definition) is 6. The van der Waals surface area contributed by atoms with Gasteiger partial charge in [-0.05, 0) is 51.5 Å². The first-order valence-corrected chi connectivity index (χ1v) is 11.9. The zero-order valence-corrected chi connectivity index (χ0v) is 18.0. The molecule has 1 heterocycles. The predicted molar refractivity (Wildman–Crippen MR) is 117 cm³/mol. The molecule has 2 aromatic carbocycles. The van der Waals surface area contributed by atoms with Crippen molar-refractivity contribution in [3.8, 4) is 0 Å². The number of halogens is 2. The van der Waals surface area contributed by atoms with Crippen molar-refractivity contribution in [2.24, 2.45) is 5.92 Å². The average Bonchev–Trinajstić information content (AvgIpc) is 3.27. The molecule has 1 unspecified atom stereocenters. The van der Waals surface area contributed by atoms with E-state index >= 15 is 0 Å². The zero-order valence-electron chi connectivity index (χ0n) is 16.3. The summed E-state index contributed by atoms with van der Waals surface area (Å²) in [5.74, 6) is -2.24. The molecule has 1 atom stereocenters. The van der Waals surface area contributed by atoms with Gasteiger partial charge in [-0.25, -0.2) is 21.8 Å². The summed E-state index contributed by atoms with van der Waals surface area (Å²) in [5.41, 5.74) is 0.972. The molecule has 32 heavy (non-hydrogen) atoms. The molecule has 5 rings (SSSR count). The summed E-state index contributed by atoms with van der Waals surface area (Å²) in [4.78, 5) is 1.51. The van der Waals surface area contributed by atoms with Gasteiger partial charge in [-0.2, -0.15) is 0 Å². The third-order valence-corrected chi connectivity index (χ3v) is 7.75. The molecule has 2 aliphatic rings. The van der Waals surface area contributed by atoms with Crippen LogP contribution >= 0.6 is 11.8 Å². The van der Waals surface area contributed by atoms with E-state index in [9.17, 15) is 17.2 Å². The Morgan fingerprint density at radius 3 is 2.78 bits per heavy atom. The van der Waals surface area contributed by atoms with Crippen LogP contribution in [-0.2, 0) is 10.0 Å². The Bertz CT molecular complexity index is 1460. The molecule has 0 bridgehead atoms. The Balaban J connectivity index is 1.49. The van der Waals surface area contributed by atoms with Crippen molar-refractivity contribution in [1.29, 1.82) is 0 Å². The summed E-state index contributed by atoms with van der Waals surface area (Å²) in [7, 11) is -4.29. The number of nitrogens with zero attached hydrogens (tertiary/aromatic N) is 2. The van der Waals surface area contributed by atoms with Crippen LogP contribution < -0.4 is 4.72 Å². The van der Waals surface area contributed by atoms with Crippen LogP contribution in [0.3, 0.4) is 0 Å². The summed E-state index contributed by atoms with van der Waals surface area (Å²) >= 11 is 1.46. The van der Waals surface area contributed by atoms with Crippen LogP contribution in [0, 0.1) is 17.6 Å². The van der Waals surface area contributed by atoms with E-state index in [4.69, 9.17) is 4.63 Å². The largest absolute Gasteiger partial charge is 0.276 e. The first-order valence-electron chi connectivity index (χ1n) is 9.59. The minimum Gasteiger partial charge on any atom is -0.276 e. The molecule has 0 spiro atoms. The van der Waals surface area contributed by atoms with Crippen LogP contribution in [0.5, 0.6) is 0 Å². The number of allylic oxidation sites excluding steroid dienone is 8. The monoisotopic (exact) mass is 471 g/mol. The normalized spacial score (nSPS) is 17.8. The molecule has 2 aliphatic carbocycles. The highest BCUT2D eigenvalue weighted by atomic mass is 32.2. The molecular formula is C22H15F2N3O3S2. The van der Waals surface area contributed by atoms with Crippen LogP contribution in [0.25, 0.3) is 11.0 Å². The Hall–Kier alpha value is -3.24. The maximum absolute atomic E-state index is 14.0. The van der Waals surface area contributed by atoms with Crippen molar-refractivity contribution in [3.05, 3.63) is 88.9 Å². The SMILES string of the molecule is O=S(=O)(Nc1cccc(F)c1F)c1ccc(SC2=CC=CC3=CC=CCC32)c2nonc12. The summed E-state index contributed by atoms with van der Waals surface area (Å²) in [5, 5.41) is 7.65. The predicted octanol–water partition coefficient (Wildman–Crippen LogP) is 5.35. The van der Waals surface area contributed by atoms with Crippen LogP contribution in [0.15, 0.2) is 91.7 Å². The van der Waals surface area contributed by atoms with Crippen molar-refractivity contribution < 1.29 is 21.8 Å². The number of thioether (sulfide) groups is 1. The number of sulfonamides is 1. The molecule has 0 amide bonds.